The van der Waals surface area contributed by atoms with Crippen molar-refractivity contribution >= 4 is 28.5 Å². The number of hydrogen-bond acceptors (Lipinski definition) is 4. The number of nitrogens with one attached hydrogen (secondary N) is 2. The molecule has 0 radical (unpaired) electrons. The minimum Gasteiger partial charge on any atom is -0.494 e. The SMILES string of the molecule is CCN(CC)CCCNc1ccc(N=Cc2c(O)[nH]c3cc(F)ccc23)cc1F. The molecule has 0 aliphatic heterocycles. The molecule has 2 aromatic carbocycles. The number of anilines is 1. The van der Waals surface area contributed by atoms with E-state index >= 15 is 0 Å². The van der Waals surface area contributed by atoms with E-state index in [0.717, 1.165) is 26.1 Å². The molecular weight excluding hydrogens is 374 g/mol. The molecular formula is C22H26F2N4O. The van der Waals surface area contributed by atoms with Crippen LogP contribution in [0, 0.1) is 11.6 Å². The van der Waals surface area contributed by atoms with Crippen LogP contribution in [-0.4, -0.2) is 47.4 Å². The van der Waals surface area contributed by atoms with Gasteiger partial charge >= 0.3 is 0 Å². The highest BCUT2D eigenvalue weighted by molar-refractivity contribution is 6.02. The second kappa shape index (κ2) is 9.52. The first-order chi connectivity index (χ1) is 14.0. The van der Waals surface area contributed by atoms with E-state index in [9.17, 15) is 13.9 Å². The van der Waals surface area contributed by atoms with Crippen molar-refractivity contribution in [2.75, 3.05) is 31.5 Å². The molecule has 29 heavy (non-hydrogen) atoms. The molecule has 3 rings (SSSR count). The zero-order valence-corrected chi connectivity index (χ0v) is 16.7. The molecule has 0 saturated carbocycles. The number of hydrogen-bond donors (Lipinski definition) is 3. The summed E-state index contributed by atoms with van der Waals surface area (Å²) < 4.78 is 27.7. The van der Waals surface area contributed by atoms with E-state index in [1.807, 2.05) is 0 Å². The summed E-state index contributed by atoms with van der Waals surface area (Å²) in [4.78, 5) is 9.28. The Morgan fingerprint density at radius 1 is 1.14 bits per heavy atom. The third-order valence-corrected chi connectivity index (χ3v) is 4.94. The number of rotatable bonds is 9. The van der Waals surface area contributed by atoms with Crippen LogP contribution in [0.25, 0.3) is 10.9 Å². The van der Waals surface area contributed by atoms with Gasteiger partial charge in [-0.1, -0.05) is 13.8 Å². The Bertz CT molecular complexity index is 996. The van der Waals surface area contributed by atoms with Crippen molar-refractivity contribution in [3.8, 4) is 5.88 Å². The van der Waals surface area contributed by atoms with Gasteiger partial charge in [0.25, 0.3) is 0 Å². The van der Waals surface area contributed by atoms with Crippen molar-refractivity contribution in [1.82, 2.24) is 9.88 Å². The molecule has 5 nitrogen and oxygen atoms in total. The standard InChI is InChI=1S/C22H26F2N4O/c1-3-28(4-2)11-5-10-25-20-9-7-16(13-19(20)24)26-14-18-17-8-6-15(23)12-21(17)27-22(18)29/h6-9,12-14,25,27,29H,3-5,10-11H2,1-2H3. The Hall–Kier alpha value is -2.93. The fourth-order valence-corrected chi connectivity index (χ4v) is 3.24. The number of fused-ring (bicyclic) bond motifs is 1. The fourth-order valence-electron chi connectivity index (χ4n) is 3.24. The van der Waals surface area contributed by atoms with Gasteiger partial charge in [0, 0.05) is 24.2 Å². The van der Waals surface area contributed by atoms with Gasteiger partial charge in [0.2, 0.25) is 0 Å². The van der Waals surface area contributed by atoms with Gasteiger partial charge in [0.15, 0.2) is 5.88 Å². The van der Waals surface area contributed by atoms with Crippen molar-refractivity contribution < 1.29 is 13.9 Å². The summed E-state index contributed by atoms with van der Waals surface area (Å²) in [6.45, 7) is 7.95. The van der Waals surface area contributed by atoms with Gasteiger partial charge in [0.05, 0.1) is 22.5 Å². The molecule has 0 amide bonds. The quantitative estimate of drug-likeness (QED) is 0.348. The first-order valence-corrected chi connectivity index (χ1v) is 9.81. The van der Waals surface area contributed by atoms with E-state index in [1.54, 1.807) is 18.2 Å². The monoisotopic (exact) mass is 400 g/mol. The molecule has 1 aromatic heterocycles. The van der Waals surface area contributed by atoms with Gasteiger partial charge in [-0.15, -0.1) is 0 Å². The second-order valence-corrected chi connectivity index (χ2v) is 6.81. The molecule has 0 saturated heterocycles. The van der Waals surface area contributed by atoms with E-state index < -0.39 is 5.82 Å². The second-order valence-electron chi connectivity index (χ2n) is 6.81. The largest absolute Gasteiger partial charge is 0.494 e. The Balaban J connectivity index is 1.65. The summed E-state index contributed by atoms with van der Waals surface area (Å²) in [6.07, 6.45) is 2.37. The van der Waals surface area contributed by atoms with Gasteiger partial charge in [-0.3, -0.25) is 4.99 Å². The number of aliphatic imine (C=N–C) groups is 1. The molecule has 0 atom stereocenters. The fraction of sp³-hybridized carbons (Fsp3) is 0.318. The number of halogens is 2. The Labute approximate surface area is 169 Å². The van der Waals surface area contributed by atoms with Crippen LogP contribution >= 0.6 is 0 Å². The average molecular weight is 400 g/mol. The third-order valence-electron chi connectivity index (χ3n) is 4.94. The predicted molar refractivity (Wildman–Crippen MR) is 114 cm³/mol. The van der Waals surface area contributed by atoms with Gasteiger partial charge in [-0.05, 0) is 56.4 Å². The lowest BCUT2D eigenvalue weighted by atomic mass is 10.2. The van der Waals surface area contributed by atoms with Crippen molar-refractivity contribution in [3.05, 3.63) is 53.6 Å². The molecule has 1 heterocycles. The van der Waals surface area contributed by atoms with Crippen LogP contribution in [0.3, 0.4) is 0 Å². The van der Waals surface area contributed by atoms with Gasteiger partial charge in [0.1, 0.15) is 11.6 Å². The number of aromatic hydroxyl groups is 1. The number of aromatic nitrogens is 1. The van der Waals surface area contributed by atoms with Crippen molar-refractivity contribution in [1.29, 1.82) is 0 Å². The van der Waals surface area contributed by atoms with E-state index in [1.165, 1.54) is 24.4 Å². The van der Waals surface area contributed by atoms with E-state index in [4.69, 9.17) is 0 Å². The molecule has 0 fully saturated rings. The van der Waals surface area contributed by atoms with Crippen molar-refractivity contribution in [3.63, 3.8) is 0 Å². The summed E-state index contributed by atoms with van der Waals surface area (Å²) >= 11 is 0. The topological polar surface area (TPSA) is 63.6 Å². The Kier molecular flexibility index (Phi) is 6.82. The van der Waals surface area contributed by atoms with E-state index in [2.05, 4.69) is 34.0 Å². The first kappa shape index (κ1) is 20.8. The highest BCUT2D eigenvalue weighted by atomic mass is 19.1. The lowest BCUT2D eigenvalue weighted by molar-refractivity contribution is 0.303. The molecule has 0 aliphatic rings. The molecule has 0 aliphatic carbocycles. The molecule has 3 aromatic rings. The molecule has 7 heteroatoms. The van der Waals surface area contributed by atoms with Gasteiger partial charge < -0.3 is 20.3 Å². The summed E-state index contributed by atoms with van der Waals surface area (Å²) in [6, 6.07) is 8.88. The zero-order valence-electron chi connectivity index (χ0n) is 16.7. The van der Waals surface area contributed by atoms with Crippen LogP contribution in [-0.2, 0) is 0 Å². The number of aromatic amines is 1. The molecule has 3 N–H and O–H groups in total. The number of H-pyrrole nitrogens is 1. The summed E-state index contributed by atoms with van der Waals surface area (Å²) in [5.74, 6) is -0.890. The maximum atomic E-state index is 14.4. The first-order valence-electron chi connectivity index (χ1n) is 9.81. The summed E-state index contributed by atoms with van der Waals surface area (Å²) in [7, 11) is 0. The van der Waals surface area contributed by atoms with E-state index in [0.29, 0.717) is 34.4 Å². The average Bonchev–Trinajstić information content (AvgIpc) is 3.01. The molecule has 0 unspecified atom stereocenters. The lowest BCUT2D eigenvalue weighted by Crippen LogP contribution is -2.25. The molecule has 0 bridgehead atoms. The predicted octanol–water partition coefficient (Wildman–Crippen LogP) is 5.05. The van der Waals surface area contributed by atoms with Gasteiger partial charge in [-0.25, -0.2) is 8.78 Å². The third kappa shape index (κ3) is 5.12. The van der Waals surface area contributed by atoms with Crippen LogP contribution in [0.1, 0.15) is 25.8 Å². The molecule has 0 spiro atoms. The van der Waals surface area contributed by atoms with Crippen LogP contribution in [0.2, 0.25) is 0 Å². The van der Waals surface area contributed by atoms with Crippen LogP contribution in [0.5, 0.6) is 5.88 Å². The van der Waals surface area contributed by atoms with Gasteiger partial charge in [-0.2, -0.15) is 0 Å². The van der Waals surface area contributed by atoms with Crippen LogP contribution in [0.4, 0.5) is 20.2 Å². The highest BCUT2D eigenvalue weighted by Gasteiger charge is 2.10. The van der Waals surface area contributed by atoms with Crippen molar-refractivity contribution in [2.45, 2.75) is 20.3 Å². The normalized spacial score (nSPS) is 11.8. The summed E-state index contributed by atoms with van der Waals surface area (Å²) in [5.41, 5.74) is 1.76. The minimum absolute atomic E-state index is 0.110. The van der Waals surface area contributed by atoms with Crippen molar-refractivity contribution in [2.24, 2.45) is 4.99 Å². The zero-order chi connectivity index (χ0) is 20.8. The Morgan fingerprint density at radius 2 is 1.93 bits per heavy atom. The Morgan fingerprint density at radius 3 is 2.66 bits per heavy atom. The molecule has 154 valence electrons. The van der Waals surface area contributed by atoms with Crippen LogP contribution < -0.4 is 5.32 Å². The van der Waals surface area contributed by atoms with E-state index in [-0.39, 0.29) is 11.7 Å². The number of nitrogens with zero attached hydrogens (tertiary/aromatic N) is 2. The minimum atomic E-state index is -0.399. The maximum Gasteiger partial charge on any atom is 0.198 e. The highest BCUT2D eigenvalue weighted by Crippen LogP contribution is 2.27. The number of benzene rings is 2. The van der Waals surface area contributed by atoms with Crippen LogP contribution in [0.15, 0.2) is 41.4 Å². The maximum absolute atomic E-state index is 14.4. The smallest absolute Gasteiger partial charge is 0.198 e. The lowest BCUT2D eigenvalue weighted by Gasteiger charge is -2.18. The summed E-state index contributed by atoms with van der Waals surface area (Å²) in [5, 5.41) is 13.8.